The largest absolute Gasteiger partial charge is 0.343 e. The number of amides is 3. The third kappa shape index (κ3) is 5.70. The van der Waals surface area contributed by atoms with Crippen LogP contribution in [-0.4, -0.2) is 77.6 Å². The fourth-order valence-corrected chi connectivity index (χ4v) is 8.96. The van der Waals surface area contributed by atoms with Crippen LogP contribution in [0.2, 0.25) is 10.0 Å². The lowest BCUT2D eigenvalue weighted by Gasteiger charge is -2.53. The van der Waals surface area contributed by atoms with Crippen molar-refractivity contribution in [3.8, 4) is 0 Å². The van der Waals surface area contributed by atoms with Crippen LogP contribution < -0.4 is 5.32 Å². The van der Waals surface area contributed by atoms with Crippen LogP contribution in [0.4, 0.5) is 0 Å². The number of nitrogens with one attached hydrogen (secondary N) is 1. The molecule has 0 aromatic heterocycles. The number of carbonyl (C=O) groups excluding carboxylic acids is 3. The van der Waals surface area contributed by atoms with Gasteiger partial charge in [-0.3, -0.25) is 14.4 Å². The standard InChI is InChI=1S/C29H31BrCl2N4O5S/c30-19-7-5-17(6-8-19)13-24-29(39)34(21-10-11-21)16-26-35(42(40,41)25-12-9-20(31)14-22(25)32)15-23(28(38)36(24)26)33-27(37)18-3-1-2-4-18/h5-9,12,14,18,21,23-24,26H,1-4,10-11,13,15-16H2,(H,33,37). The highest BCUT2D eigenvalue weighted by atomic mass is 79.9. The van der Waals surface area contributed by atoms with E-state index in [-0.39, 0.29) is 58.2 Å². The van der Waals surface area contributed by atoms with E-state index in [1.54, 1.807) is 4.90 Å². The number of hydrogen-bond donors (Lipinski definition) is 1. The number of hydrogen-bond acceptors (Lipinski definition) is 5. The molecule has 2 aromatic carbocycles. The molecule has 2 saturated carbocycles. The topological polar surface area (TPSA) is 107 Å². The number of halogens is 3. The highest BCUT2D eigenvalue weighted by molar-refractivity contribution is 9.10. The first-order valence-corrected chi connectivity index (χ1v) is 17.2. The molecule has 2 aromatic rings. The minimum atomic E-state index is -4.29. The van der Waals surface area contributed by atoms with E-state index in [1.807, 2.05) is 24.3 Å². The maximum atomic E-state index is 14.3. The fraction of sp³-hybridized carbons (Fsp3) is 0.483. The SMILES string of the molecule is O=C(NC1CN(S(=O)(=O)c2ccc(Cl)cc2Cl)C2CN(C3CC3)C(=O)C(Cc3ccc(Br)cc3)N2C1=O)C1CCCC1. The molecule has 0 radical (unpaired) electrons. The van der Waals surface area contributed by atoms with Crippen molar-refractivity contribution < 1.29 is 22.8 Å². The molecule has 2 aliphatic carbocycles. The van der Waals surface area contributed by atoms with Crippen LogP contribution in [0.15, 0.2) is 51.8 Å². The number of benzene rings is 2. The molecule has 4 fully saturated rings. The predicted molar refractivity (Wildman–Crippen MR) is 161 cm³/mol. The Morgan fingerprint density at radius 2 is 1.64 bits per heavy atom. The number of nitrogens with zero attached hydrogens (tertiary/aromatic N) is 3. The molecule has 2 saturated heterocycles. The molecule has 224 valence electrons. The van der Waals surface area contributed by atoms with E-state index < -0.39 is 34.2 Å². The summed E-state index contributed by atoms with van der Waals surface area (Å²) in [6, 6.07) is 9.54. The number of carbonyl (C=O) groups is 3. The molecule has 2 aliphatic heterocycles. The van der Waals surface area contributed by atoms with Gasteiger partial charge in [-0.2, -0.15) is 4.31 Å². The van der Waals surface area contributed by atoms with E-state index in [1.165, 1.54) is 27.4 Å². The average molecular weight is 698 g/mol. The number of fused-ring (bicyclic) bond motifs is 1. The normalized spacial score (nSPS) is 25.5. The predicted octanol–water partition coefficient (Wildman–Crippen LogP) is 4.21. The maximum Gasteiger partial charge on any atom is 0.248 e. The molecular formula is C29H31BrCl2N4O5S. The minimum Gasteiger partial charge on any atom is -0.343 e. The second-order valence-corrected chi connectivity index (χ2v) is 15.1. The second-order valence-electron chi connectivity index (χ2n) is 11.5. The van der Waals surface area contributed by atoms with Crippen LogP contribution in [0.25, 0.3) is 0 Å². The Balaban J connectivity index is 1.42. The smallest absolute Gasteiger partial charge is 0.248 e. The van der Waals surface area contributed by atoms with Gasteiger partial charge in [0.05, 0.1) is 11.6 Å². The summed E-state index contributed by atoms with van der Waals surface area (Å²) in [5, 5.41) is 3.09. The zero-order valence-electron chi connectivity index (χ0n) is 22.7. The Morgan fingerprint density at radius 1 is 0.952 bits per heavy atom. The summed E-state index contributed by atoms with van der Waals surface area (Å²) in [4.78, 5) is 44.3. The molecule has 0 spiro atoms. The Labute approximate surface area is 263 Å². The van der Waals surface area contributed by atoms with Crippen LogP contribution in [0.1, 0.15) is 44.1 Å². The first-order valence-electron chi connectivity index (χ1n) is 14.2. The quantitative estimate of drug-likeness (QED) is 0.467. The number of sulfonamides is 1. The monoisotopic (exact) mass is 696 g/mol. The van der Waals surface area contributed by atoms with E-state index in [4.69, 9.17) is 23.2 Å². The molecular weight excluding hydrogens is 667 g/mol. The summed E-state index contributed by atoms with van der Waals surface area (Å²) in [7, 11) is -4.29. The maximum absolute atomic E-state index is 14.3. The molecule has 42 heavy (non-hydrogen) atoms. The van der Waals surface area contributed by atoms with Gasteiger partial charge in [0.1, 0.15) is 23.1 Å². The number of piperazine rings is 1. The molecule has 9 nitrogen and oxygen atoms in total. The molecule has 3 amide bonds. The molecule has 1 N–H and O–H groups in total. The lowest BCUT2D eigenvalue weighted by molar-refractivity contribution is -0.168. The Hall–Kier alpha value is -2.18. The van der Waals surface area contributed by atoms with Gasteiger partial charge in [-0.25, -0.2) is 8.42 Å². The zero-order chi connectivity index (χ0) is 29.8. The lowest BCUT2D eigenvalue weighted by atomic mass is 9.96. The Bertz CT molecular complexity index is 1510. The van der Waals surface area contributed by atoms with Crippen molar-refractivity contribution in [1.29, 1.82) is 0 Å². The molecule has 13 heteroatoms. The van der Waals surface area contributed by atoms with E-state index in [9.17, 15) is 22.8 Å². The van der Waals surface area contributed by atoms with Crippen molar-refractivity contribution in [2.24, 2.45) is 5.92 Å². The summed E-state index contributed by atoms with van der Waals surface area (Å²) < 4.78 is 30.7. The second kappa shape index (κ2) is 11.7. The van der Waals surface area contributed by atoms with E-state index in [0.29, 0.717) is 0 Å². The highest BCUT2D eigenvalue weighted by Gasteiger charge is 2.56. The van der Waals surface area contributed by atoms with Crippen molar-refractivity contribution in [1.82, 2.24) is 19.4 Å². The molecule has 2 heterocycles. The highest BCUT2D eigenvalue weighted by Crippen LogP contribution is 2.38. The summed E-state index contributed by atoms with van der Waals surface area (Å²) in [6.07, 6.45) is 4.21. The van der Waals surface area contributed by atoms with Crippen LogP contribution in [0.3, 0.4) is 0 Å². The van der Waals surface area contributed by atoms with Crippen molar-refractivity contribution >= 4 is 66.9 Å². The van der Waals surface area contributed by atoms with Gasteiger partial charge in [0.25, 0.3) is 0 Å². The van der Waals surface area contributed by atoms with Gasteiger partial charge in [0.2, 0.25) is 27.7 Å². The Morgan fingerprint density at radius 3 is 2.29 bits per heavy atom. The van der Waals surface area contributed by atoms with Gasteiger partial charge >= 0.3 is 0 Å². The van der Waals surface area contributed by atoms with Gasteiger partial charge in [-0.15, -0.1) is 0 Å². The molecule has 3 atom stereocenters. The van der Waals surface area contributed by atoms with Gasteiger partial charge in [-0.05, 0) is 61.6 Å². The Kier molecular flexibility index (Phi) is 8.34. The van der Waals surface area contributed by atoms with Gasteiger partial charge < -0.3 is 15.1 Å². The van der Waals surface area contributed by atoms with E-state index in [0.717, 1.165) is 48.6 Å². The van der Waals surface area contributed by atoms with Crippen molar-refractivity contribution in [3.63, 3.8) is 0 Å². The van der Waals surface area contributed by atoms with Crippen LogP contribution in [-0.2, 0) is 30.8 Å². The van der Waals surface area contributed by atoms with Crippen LogP contribution in [0.5, 0.6) is 0 Å². The van der Waals surface area contributed by atoms with Crippen molar-refractivity contribution in [2.45, 2.75) is 74.1 Å². The first-order chi connectivity index (χ1) is 20.0. The zero-order valence-corrected chi connectivity index (χ0v) is 26.6. The fourth-order valence-electron chi connectivity index (χ4n) is 6.36. The minimum absolute atomic E-state index is 0.00522. The molecule has 3 unspecified atom stereocenters. The van der Waals surface area contributed by atoms with Crippen molar-refractivity contribution in [3.05, 3.63) is 62.5 Å². The van der Waals surface area contributed by atoms with Crippen LogP contribution >= 0.6 is 39.1 Å². The molecule has 6 rings (SSSR count). The van der Waals surface area contributed by atoms with Crippen molar-refractivity contribution in [2.75, 3.05) is 13.1 Å². The first kappa shape index (κ1) is 29.9. The lowest BCUT2D eigenvalue weighted by Crippen LogP contribution is -2.76. The van der Waals surface area contributed by atoms with Crippen LogP contribution in [0, 0.1) is 5.92 Å². The molecule has 4 aliphatic rings. The van der Waals surface area contributed by atoms with Gasteiger partial charge in [0, 0.05) is 34.4 Å². The number of rotatable bonds is 7. The van der Waals surface area contributed by atoms with Gasteiger partial charge in [0.15, 0.2) is 0 Å². The average Bonchev–Trinajstić information content (AvgIpc) is 3.64. The summed E-state index contributed by atoms with van der Waals surface area (Å²) in [5.41, 5.74) is 0.827. The third-order valence-electron chi connectivity index (χ3n) is 8.69. The van der Waals surface area contributed by atoms with Gasteiger partial charge in [-0.1, -0.05) is 64.1 Å². The summed E-state index contributed by atoms with van der Waals surface area (Å²) >= 11 is 15.9. The third-order valence-corrected chi connectivity index (χ3v) is 11.8. The van der Waals surface area contributed by atoms with E-state index in [2.05, 4.69) is 21.2 Å². The molecule has 0 bridgehead atoms. The summed E-state index contributed by atoms with van der Waals surface area (Å²) in [6.45, 7) is -0.225. The van der Waals surface area contributed by atoms with E-state index >= 15 is 0 Å². The summed E-state index contributed by atoms with van der Waals surface area (Å²) in [5.74, 6) is -1.16.